The molecular formula is C26H25N5O3. The van der Waals surface area contributed by atoms with E-state index < -0.39 is 17.2 Å². The second-order valence-electron chi connectivity index (χ2n) is 8.17. The molecule has 4 aromatic rings. The molecule has 1 N–H and O–H groups in total. The summed E-state index contributed by atoms with van der Waals surface area (Å²) >= 11 is 0. The Labute approximate surface area is 196 Å². The number of pyridine rings is 1. The van der Waals surface area contributed by atoms with E-state index in [2.05, 4.69) is 29.2 Å². The maximum Gasteiger partial charge on any atom is 0.352 e. The molecule has 0 saturated heterocycles. The highest BCUT2D eigenvalue weighted by atomic mass is 16.2. The summed E-state index contributed by atoms with van der Waals surface area (Å²) in [6.07, 6.45) is 1.62. The van der Waals surface area contributed by atoms with Gasteiger partial charge in [-0.3, -0.25) is 19.1 Å². The predicted octanol–water partition coefficient (Wildman–Crippen LogP) is 2.89. The summed E-state index contributed by atoms with van der Waals surface area (Å²) in [6, 6.07) is 21.8. The Hall–Kier alpha value is -4.33. The molecule has 172 valence electrons. The minimum Gasteiger partial charge on any atom is -0.345 e. The van der Waals surface area contributed by atoms with Gasteiger partial charge in [0.1, 0.15) is 0 Å². The number of carbonyl (C=O) groups is 1. The fourth-order valence-corrected chi connectivity index (χ4v) is 3.49. The number of benzene rings is 2. The number of nitrogens with zero attached hydrogens (tertiary/aromatic N) is 4. The normalized spacial score (nSPS) is 10.9. The molecule has 0 spiro atoms. The van der Waals surface area contributed by atoms with Crippen molar-refractivity contribution in [3.05, 3.63) is 122 Å². The molecule has 2 aromatic carbocycles. The second-order valence-corrected chi connectivity index (χ2v) is 8.17. The average Bonchev–Trinajstić information content (AvgIpc) is 2.86. The van der Waals surface area contributed by atoms with Crippen LogP contribution in [-0.2, 0) is 13.1 Å². The molecule has 0 aliphatic heterocycles. The van der Waals surface area contributed by atoms with E-state index in [0.717, 1.165) is 20.4 Å². The van der Waals surface area contributed by atoms with Crippen LogP contribution in [0.15, 0.2) is 88.6 Å². The molecule has 34 heavy (non-hydrogen) atoms. The van der Waals surface area contributed by atoms with Crippen LogP contribution in [0, 0.1) is 0 Å². The van der Waals surface area contributed by atoms with Crippen LogP contribution in [0.4, 0.5) is 0 Å². The topological polar surface area (TPSA) is 98.9 Å². The molecule has 1 amide bonds. The van der Waals surface area contributed by atoms with Crippen LogP contribution in [0.3, 0.4) is 0 Å². The van der Waals surface area contributed by atoms with Crippen molar-refractivity contribution >= 4 is 5.91 Å². The summed E-state index contributed by atoms with van der Waals surface area (Å²) < 4.78 is 2.14. The molecule has 0 fully saturated rings. The highest BCUT2D eigenvalue weighted by Crippen LogP contribution is 2.15. The Morgan fingerprint density at radius 1 is 0.941 bits per heavy atom. The number of carbonyl (C=O) groups excluding carboxylic acids is 1. The van der Waals surface area contributed by atoms with Crippen LogP contribution < -0.4 is 16.6 Å². The lowest BCUT2D eigenvalue weighted by molar-refractivity contribution is 0.0940. The molecule has 0 aliphatic rings. The minimum absolute atomic E-state index is 0.0195. The zero-order chi connectivity index (χ0) is 24.1. The highest BCUT2D eigenvalue weighted by Gasteiger charge is 2.20. The zero-order valence-corrected chi connectivity index (χ0v) is 19.0. The van der Waals surface area contributed by atoms with Crippen molar-refractivity contribution < 1.29 is 4.79 Å². The van der Waals surface area contributed by atoms with Gasteiger partial charge in [-0.15, -0.1) is 0 Å². The lowest BCUT2D eigenvalue weighted by Gasteiger charge is -2.13. The van der Waals surface area contributed by atoms with Gasteiger partial charge in [-0.25, -0.2) is 4.79 Å². The van der Waals surface area contributed by atoms with E-state index in [1.165, 1.54) is 0 Å². The molecule has 2 heterocycles. The molecule has 0 bridgehead atoms. The average molecular weight is 456 g/mol. The largest absolute Gasteiger partial charge is 0.352 e. The lowest BCUT2D eigenvalue weighted by Crippen LogP contribution is -2.46. The number of hydrogen-bond acceptors (Lipinski definition) is 5. The van der Waals surface area contributed by atoms with Crippen molar-refractivity contribution in [1.82, 2.24) is 24.6 Å². The number of nitrogens with one attached hydrogen (secondary N) is 1. The number of amides is 1. The van der Waals surface area contributed by atoms with Crippen LogP contribution in [0.25, 0.3) is 5.69 Å². The Bertz CT molecular complexity index is 1390. The van der Waals surface area contributed by atoms with E-state index >= 15 is 0 Å². The van der Waals surface area contributed by atoms with E-state index in [9.17, 15) is 14.4 Å². The molecule has 0 atom stereocenters. The van der Waals surface area contributed by atoms with Crippen LogP contribution in [0.1, 0.15) is 47.1 Å². The van der Waals surface area contributed by atoms with Gasteiger partial charge >= 0.3 is 5.69 Å². The first kappa shape index (κ1) is 22.8. The van der Waals surface area contributed by atoms with E-state index in [1.807, 2.05) is 42.5 Å². The van der Waals surface area contributed by atoms with Gasteiger partial charge in [-0.05, 0) is 41.3 Å². The second kappa shape index (κ2) is 10.1. The maximum atomic E-state index is 13.3. The molecule has 8 heteroatoms. The van der Waals surface area contributed by atoms with Gasteiger partial charge in [0.15, 0.2) is 0 Å². The SMILES string of the molecule is CC(C)c1ccc(-n2nc(C(=O)NCc3ccccn3)c(=O)n(Cc3ccccc3)c2=O)cc1. The molecule has 0 radical (unpaired) electrons. The maximum absolute atomic E-state index is 13.3. The summed E-state index contributed by atoms with van der Waals surface area (Å²) in [5.74, 6) is -0.358. The quantitative estimate of drug-likeness (QED) is 0.462. The summed E-state index contributed by atoms with van der Waals surface area (Å²) in [4.78, 5) is 43.6. The fourth-order valence-electron chi connectivity index (χ4n) is 3.49. The van der Waals surface area contributed by atoms with Gasteiger partial charge in [-0.1, -0.05) is 62.4 Å². The summed E-state index contributed by atoms with van der Waals surface area (Å²) in [6.45, 7) is 4.29. The van der Waals surface area contributed by atoms with Crippen molar-refractivity contribution in [2.45, 2.75) is 32.9 Å². The Morgan fingerprint density at radius 3 is 2.29 bits per heavy atom. The van der Waals surface area contributed by atoms with Crippen LogP contribution >= 0.6 is 0 Å². The van der Waals surface area contributed by atoms with Gasteiger partial charge in [0.25, 0.3) is 11.5 Å². The van der Waals surface area contributed by atoms with Crippen molar-refractivity contribution in [3.63, 3.8) is 0 Å². The summed E-state index contributed by atoms with van der Waals surface area (Å²) in [5.41, 5.74) is 1.24. The molecule has 2 aromatic heterocycles. The number of aromatic nitrogens is 4. The number of rotatable bonds is 7. The molecule has 0 saturated carbocycles. The summed E-state index contributed by atoms with van der Waals surface area (Å²) in [5, 5.41) is 6.85. The third-order valence-electron chi connectivity index (χ3n) is 5.42. The standard InChI is InChI=1S/C26H25N5O3/c1-18(2)20-11-13-22(14-12-20)31-26(34)30(17-19-8-4-3-5-9-19)25(33)23(29-31)24(32)28-16-21-10-6-7-15-27-21/h3-15,18H,16-17H2,1-2H3,(H,28,32). The fraction of sp³-hybridized carbons (Fsp3) is 0.192. The third kappa shape index (κ3) is 5.01. The van der Waals surface area contributed by atoms with Gasteiger partial charge in [0, 0.05) is 6.20 Å². The van der Waals surface area contributed by atoms with E-state index in [0.29, 0.717) is 17.3 Å². The summed E-state index contributed by atoms with van der Waals surface area (Å²) in [7, 11) is 0. The predicted molar refractivity (Wildman–Crippen MR) is 129 cm³/mol. The minimum atomic E-state index is -0.748. The van der Waals surface area contributed by atoms with E-state index in [1.54, 1.807) is 36.5 Å². The molecule has 0 aliphatic carbocycles. The van der Waals surface area contributed by atoms with Crippen LogP contribution in [0.2, 0.25) is 0 Å². The van der Waals surface area contributed by atoms with Gasteiger partial charge in [0.05, 0.1) is 24.5 Å². The van der Waals surface area contributed by atoms with Crippen molar-refractivity contribution in [1.29, 1.82) is 0 Å². The van der Waals surface area contributed by atoms with Crippen molar-refractivity contribution in [2.75, 3.05) is 0 Å². The van der Waals surface area contributed by atoms with E-state index in [4.69, 9.17) is 0 Å². The smallest absolute Gasteiger partial charge is 0.345 e. The molecular weight excluding hydrogens is 430 g/mol. The molecule has 8 nitrogen and oxygen atoms in total. The molecule has 4 rings (SSSR count). The first-order valence-corrected chi connectivity index (χ1v) is 11.0. The van der Waals surface area contributed by atoms with Crippen LogP contribution in [0.5, 0.6) is 0 Å². The monoisotopic (exact) mass is 455 g/mol. The van der Waals surface area contributed by atoms with Gasteiger partial charge in [-0.2, -0.15) is 9.78 Å². The lowest BCUT2D eigenvalue weighted by atomic mass is 10.0. The number of hydrogen-bond donors (Lipinski definition) is 1. The Morgan fingerprint density at radius 2 is 1.65 bits per heavy atom. The zero-order valence-electron chi connectivity index (χ0n) is 19.0. The first-order chi connectivity index (χ1) is 16.4. The van der Waals surface area contributed by atoms with E-state index in [-0.39, 0.29) is 18.8 Å². The molecule has 0 unspecified atom stereocenters. The van der Waals surface area contributed by atoms with Gasteiger partial charge in [0.2, 0.25) is 5.69 Å². The Kier molecular flexibility index (Phi) is 6.77. The van der Waals surface area contributed by atoms with Crippen molar-refractivity contribution in [2.24, 2.45) is 0 Å². The highest BCUT2D eigenvalue weighted by molar-refractivity contribution is 5.91. The first-order valence-electron chi connectivity index (χ1n) is 11.0. The third-order valence-corrected chi connectivity index (χ3v) is 5.42. The Balaban J connectivity index is 1.77. The van der Waals surface area contributed by atoms with Crippen molar-refractivity contribution in [3.8, 4) is 5.69 Å². The van der Waals surface area contributed by atoms with Crippen LogP contribution in [-0.4, -0.2) is 25.2 Å². The van der Waals surface area contributed by atoms with Gasteiger partial charge < -0.3 is 5.32 Å².